The summed E-state index contributed by atoms with van der Waals surface area (Å²) in [5, 5.41) is 23.6. The molecular weight excluding hydrogens is 318 g/mol. The van der Waals surface area contributed by atoms with Gasteiger partial charge in [-0.2, -0.15) is 0 Å². The van der Waals surface area contributed by atoms with Gasteiger partial charge < -0.3 is 25.1 Å². The first-order valence-corrected chi connectivity index (χ1v) is 7.02. The Bertz CT molecular complexity index is 844. The molecule has 2 rings (SSSR count). The fraction of sp³-hybridized carbons (Fsp3) is 0.267. The van der Waals surface area contributed by atoms with Crippen molar-refractivity contribution < 1.29 is 24.6 Å². The second-order valence-corrected chi connectivity index (χ2v) is 5.03. The molecule has 126 valence electrons. The van der Waals surface area contributed by atoms with Gasteiger partial charge in [-0.15, -0.1) is 0 Å². The van der Waals surface area contributed by atoms with Crippen LogP contribution in [0.1, 0.15) is 12.8 Å². The lowest BCUT2D eigenvalue weighted by Gasteiger charge is -2.20. The van der Waals surface area contributed by atoms with Crippen molar-refractivity contribution in [2.24, 2.45) is 0 Å². The second-order valence-electron chi connectivity index (χ2n) is 5.03. The van der Waals surface area contributed by atoms with Crippen LogP contribution in [0.5, 0.6) is 0 Å². The first-order chi connectivity index (χ1) is 11.4. The molecule has 1 heterocycles. The Kier molecular flexibility index (Phi) is 5.25. The van der Waals surface area contributed by atoms with Gasteiger partial charge in [-0.05, 0) is 12.1 Å². The van der Waals surface area contributed by atoms with E-state index in [0.29, 0.717) is 10.9 Å². The average Bonchev–Trinajstić information content (AvgIpc) is 2.53. The van der Waals surface area contributed by atoms with Crippen LogP contribution in [0.25, 0.3) is 10.9 Å². The van der Waals surface area contributed by atoms with Crippen LogP contribution in [0.15, 0.2) is 35.4 Å². The number of carboxylic acid groups (broad SMARTS) is 2. The van der Waals surface area contributed by atoms with Crippen LogP contribution in [0.4, 0.5) is 0 Å². The summed E-state index contributed by atoms with van der Waals surface area (Å²) >= 11 is 0. The predicted molar refractivity (Wildman–Crippen MR) is 77.2 cm³/mol. The summed E-state index contributed by atoms with van der Waals surface area (Å²) in [6.45, 7) is -0.0341. The number of carboxylic acids is 2. The van der Waals surface area contributed by atoms with Gasteiger partial charge in [0.25, 0.3) is 5.56 Å². The van der Waals surface area contributed by atoms with E-state index in [2.05, 4.69) is 4.98 Å². The van der Waals surface area contributed by atoms with Gasteiger partial charge in [-0.1, -0.05) is 12.1 Å². The van der Waals surface area contributed by atoms with Crippen molar-refractivity contribution in [3.63, 3.8) is 0 Å². The Morgan fingerprint density at radius 1 is 1.21 bits per heavy atom. The fourth-order valence-electron chi connectivity index (χ4n) is 2.11. The highest BCUT2D eigenvalue weighted by Gasteiger charge is 2.14. The molecule has 0 aliphatic carbocycles. The topological polar surface area (TPSA) is 144 Å². The van der Waals surface area contributed by atoms with Crippen molar-refractivity contribution in [3.05, 3.63) is 40.9 Å². The van der Waals surface area contributed by atoms with Crippen LogP contribution in [0.2, 0.25) is 0 Å². The Balaban J connectivity index is 2.04. The van der Waals surface area contributed by atoms with Gasteiger partial charge in [0.15, 0.2) is 0 Å². The Hall–Kier alpha value is -3.23. The monoisotopic (exact) mass is 331 g/mol. The van der Waals surface area contributed by atoms with Gasteiger partial charge in [0.2, 0.25) is 5.91 Å². The molecule has 0 spiro atoms. The van der Waals surface area contributed by atoms with E-state index >= 15 is 0 Å². The minimum absolute atomic E-state index is 0.0341. The van der Waals surface area contributed by atoms with E-state index in [1.807, 2.05) is 5.32 Å². The van der Waals surface area contributed by atoms with E-state index in [4.69, 9.17) is 0 Å². The van der Waals surface area contributed by atoms with Crippen LogP contribution < -0.4 is 21.1 Å². The van der Waals surface area contributed by atoms with Crippen molar-refractivity contribution in [2.45, 2.75) is 25.4 Å². The van der Waals surface area contributed by atoms with Crippen LogP contribution in [0, 0.1) is 0 Å². The molecule has 0 radical (unpaired) electrons. The number of carbonyl (C=O) groups excluding carboxylic acids is 3. The minimum atomic E-state index is -1.72. The molecule has 1 atom stereocenters. The zero-order chi connectivity index (χ0) is 17.7. The molecule has 0 fully saturated rings. The van der Waals surface area contributed by atoms with Crippen molar-refractivity contribution in [1.29, 1.82) is 0 Å². The SMILES string of the molecule is O=C([O-])C[C@H](NC(=O)CCn1cnc2ccccc2c1=O)C(=O)[O-]. The third kappa shape index (κ3) is 4.15. The van der Waals surface area contributed by atoms with Crippen LogP contribution in [-0.4, -0.2) is 33.4 Å². The lowest BCUT2D eigenvalue weighted by atomic mass is 10.2. The van der Waals surface area contributed by atoms with E-state index in [1.165, 1.54) is 10.9 Å². The summed E-state index contributed by atoms with van der Waals surface area (Å²) in [5.74, 6) is -4.08. The fourth-order valence-corrected chi connectivity index (χ4v) is 2.11. The number of aromatic nitrogens is 2. The number of amides is 1. The quantitative estimate of drug-likeness (QED) is 0.575. The number of nitrogens with zero attached hydrogens (tertiary/aromatic N) is 2. The first kappa shape index (κ1) is 17.1. The number of fused-ring (bicyclic) bond motifs is 1. The second kappa shape index (κ2) is 7.36. The van der Waals surface area contributed by atoms with E-state index in [0.717, 1.165) is 0 Å². The summed E-state index contributed by atoms with van der Waals surface area (Å²) in [4.78, 5) is 49.2. The maximum Gasteiger partial charge on any atom is 0.261 e. The van der Waals surface area contributed by atoms with E-state index < -0.39 is 30.3 Å². The minimum Gasteiger partial charge on any atom is -0.550 e. The number of hydrogen-bond donors (Lipinski definition) is 1. The van der Waals surface area contributed by atoms with E-state index in [-0.39, 0.29) is 18.5 Å². The maximum absolute atomic E-state index is 12.2. The molecule has 9 heteroatoms. The molecule has 24 heavy (non-hydrogen) atoms. The summed E-state index contributed by atoms with van der Waals surface area (Å²) in [5.41, 5.74) is 0.189. The Labute approximate surface area is 135 Å². The number of benzene rings is 1. The average molecular weight is 331 g/mol. The molecule has 1 N–H and O–H groups in total. The first-order valence-electron chi connectivity index (χ1n) is 7.02. The van der Waals surface area contributed by atoms with Gasteiger partial charge in [-0.3, -0.25) is 14.2 Å². The van der Waals surface area contributed by atoms with Crippen molar-refractivity contribution in [2.75, 3.05) is 0 Å². The standard InChI is InChI=1S/C15H15N3O6/c19-12(17-11(15(23)24)7-13(20)21)5-6-18-8-16-10-4-2-1-3-9(10)14(18)22/h1-4,8,11H,5-7H2,(H,17,19)(H,20,21)(H,23,24)/p-2/t11-/m0/s1. The molecule has 1 amide bonds. The van der Waals surface area contributed by atoms with Gasteiger partial charge in [0, 0.05) is 25.4 Å². The third-order valence-corrected chi connectivity index (χ3v) is 3.30. The highest BCUT2D eigenvalue weighted by molar-refractivity contribution is 5.85. The summed E-state index contributed by atoms with van der Waals surface area (Å²) in [6.07, 6.45) is 0.164. The molecule has 0 bridgehead atoms. The smallest absolute Gasteiger partial charge is 0.261 e. The van der Waals surface area contributed by atoms with Crippen LogP contribution >= 0.6 is 0 Å². The molecule has 1 aromatic carbocycles. The van der Waals surface area contributed by atoms with E-state index in [1.54, 1.807) is 24.3 Å². The molecule has 0 aliphatic rings. The zero-order valence-corrected chi connectivity index (χ0v) is 12.4. The van der Waals surface area contributed by atoms with Crippen LogP contribution in [0.3, 0.4) is 0 Å². The number of hydrogen-bond acceptors (Lipinski definition) is 7. The lowest BCUT2D eigenvalue weighted by molar-refractivity contribution is -0.317. The number of aryl methyl sites for hydroxylation is 1. The zero-order valence-electron chi connectivity index (χ0n) is 12.4. The summed E-state index contributed by atoms with van der Waals surface area (Å²) in [6, 6.07) is 5.02. The van der Waals surface area contributed by atoms with Crippen molar-refractivity contribution in [3.8, 4) is 0 Å². The molecular formula is C15H13N3O6-2. The highest BCUT2D eigenvalue weighted by atomic mass is 16.4. The predicted octanol–water partition coefficient (Wildman–Crippen LogP) is -2.84. The van der Waals surface area contributed by atoms with Gasteiger partial charge in [0.05, 0.1) is 29.2 Å². The number of nitrogens with one attached hydrogen (secondary N) is 1. The lowest BCUT2D eigenvalue weighted by Crippen LogP contribution is -2.50. The van der Waals surface area contributed by atoms with E-state index in [9.17, 15) is 29.4 Å². The van der Waals surface area contributed by atoms with Crippen molar-refractivity contribution in [1.82, 2.24) is 14.9 Å². The largest absolute Gasteiger partial charge is 0.550 e. The Morgan fingerprint density at radius 3 is 2.58 bits per heavy atom. The van der Waals surface area contributed by atoms with Crippen LogP contribution in [-0.2, 0) is 20.9 Å². The van der Waals surface area contributed by atoms with Gasteiger partial charge >= 0.3 is 0 Å². The number of para-hydroxylation sites is 1. The molecule has 0 saturated carbocycles. The van der Waals surface area contributed by atoms with Gasteiger partial charge in [0.1, 0.15) is 0 Å². The molecule has 0 aliphatic heterocycles. The maximum atomic E-state index is 12.2. The summed E-state index contributed by atoms with van der Waals surface area (Å²) in [7, 11) is 0. The summed E-state index contributed by atoms with van der Waals surface area (Å²) < 4.78 is 1.22. The molecule has 1 aromatic heterocycles. The molecule has 2 aromatic rings. The number of rotatable bonds is 7. The molecule has 9 nitrogen and oxygen atoms in total. The molecule has 0 unspecified atom stereocenters. The highest BCUT2D eigenvalue weighted by Crippen LogP contribution is 2.04. The normalized spacial score (nSPS) is 11.8. The third-order valence-electron chi connectivity index (χ3n) is 3.30. The van der Waals surface area contributed by atoms with Gasteiger partial charge in [-0.25, -0.2) is 4.98 Å². The Morgan fingerprint density at radius 2 is 1.92 bits per heavy atom. The van der Waals surface area contributed by atoms with Crippen molar-refractivity contribution >= 4 is 28.7 Å². The number of carbonyl (C=O) groups is 3. The number of aliphatic carboxylic acids is 2. The molecule has 0 saturated heterocycles.